The van der Waals surface area contributed by atoms with Crippen molar-refractivity contribution < 1.29 is 19.4 Å². The molecule has 0 amide bonds. The summed E-state index contributed by atoms with van der Waals surface area (Å²) in [5.41, 5.74) is 2.37. The molecule has 0 spiro atoms. The quantitative estimate of drug-likeness (QED) is 0.600. The SMILES string of the molecule is O=C(O)C1(c2ccc(Cl)cc2)OCC(Cc2ccccc2)(Cc2ccccc2)CO1. The van der Waals surface area contributed by atoms with Gasteiger partial charge in [0.05, 0.1) is 13.2 Å². The van der Waals surface area contributed by atoms with Gasteiger partial charge in [0.15, 0.2) is 0 Å². The maximum Gasteiger partial charge on any atom is 0.369 e. The summed E-state index contributed by atoms with van der Waals surface area (Å²) in [6.45, 7) is 0.511. The van der Waals surface area contributed by atoms with E-state index < -0.39 is 11.8 Å². The van der Waals surface area contributed by atoms with E-state index in [-0.39, 0.29) is 18.6 Å². The molecule has 5 heteroatoms. The van der Waals surface area contributed by atoms with E-state index in [2.05, 4.69) is 24.3 Å². The van der Waals surface area contributed by atoms with Crippen LogP contribution in [0.3, 0.4) is 0 Å². The first-order valence-electron chi connectivity index (χ1n) is 9.87. The van der Waals surface area contributed by atoms with Gasteiger partial charge < -0.3 is 14.6 Å². The number of rotatable bonds is 6. The summed E-state index contributed by atoms with van der Waals surface area (Å²) in [6, 6.07) is 26.8. The Morgan fingerprint density at radius 1 is 0.800 bits per heavy atom. The molecular weight excluding hydrogens is 400 g/mol. The lowest BCUT2D eigenvalue weighted by molar-refractivity contribution is -0.304. The van der Waals surface area contributed by atoms with Gasteiger partial charge in [-0.2, -0.15) is 0 Å². The molecule has 0 bridgehead atoms. The topological polar surface area (TPSA) is 55.8 Å². The lowest BCUT2D eigenvalue weighted by atomic mass is 9.77. The molecule has 4 rings (SSSR count). The minimum Gasteiger partial charge on any atom is -0.477 e. The van der Waals surface area contributed by atoms with E-state index in [9.17, 15) is 9.90 Å². The lowest BCUT2D eigenvalue weighted by Crippen LogP contribution is -2.53. The fourth-order valence-corrected chi connectivity index (χ4v) is 4.13. The predicted octanol–water partition coefficient (Wildman–Crippen LogP) is 5.10. The highest BCUT2D eigenvalue weighted by molar-refractivity contribution is 6.30. The number of hydrogen-bond donors (Lipinski definition) is 1. The number of carboxylic acids is 1. The van der Waals surface area contributed by atoms with Crippen molar-refractivity contribution in [2.75, 3.05) is 13.2 Å². The summed E-state index contributed by atoms with van der Waals surface area (Å²) in [7, 11) is 0. The molecule has 1 saturated heterocycles. The van der Waals surface area contributed by atoms with Crippen LogP contribution in [0.2, 0.25) is 5.02 Å². The third-order valence-corrected chi connectivity index (χ3v) is 5.76. The third-order valence-electron chi connectivity index (χ3n) is 5.51. The van der Waals surface area contributed by atoms with Crippen LogP contribution in [-0.4, -0.2) is 24.3 Å². The molecule has 3 aromatic carbocycles. The van der Waals surface area contributed by atoms with E-state index in [0.717, 1.165) is 24.0 Å². The Bertz CT molecular complexity index is 935. The van der Waals surface area contributed by atoms with E-state index in [1.54, 1.807) is 24.3 Å². The van der Waals surface area contributed by atoms with Crippen LogP contribution < -0.4 is 0 Å². The van der Waals surface area contributed by atoms with Crippen LogP contribution in [0.5, 0.6) is 0 Å². The molecule has 1 N–H and O–H groups in total. The Labute approximate surface area is 181 Å². The molecule has 1 heterocycles. The molecule has 1 aliphatic rings. The van der Waals surface area contributed by atoms with Gasteiger partial charge in [-0.25, -0.2) is 4.79 Å². The first kappa shape index (κ1) is 20.6. The summed E-state index contributed by atoms with van der Waals surface area (Å²) in [4.78, 5) is 12.2. The van der Waals surface area contributed by atoms with Crippen LogP contribution in [0.15, 0.2) is 84.9 Å². The van der Waals surface area contributed by atoms with E-state index in [0.29, 0.717) is 10.6 Å². The molecule has 30 heavy (non-hydrogen) atoms. The second kappa shape index (κ2) is 8.60. The van der Waals surface area contributed by atoms with Gasteiger partial charge in [0, 0.05) is 16.0 Å². The maximum atomic E-state index is 12.2. The summed E-state index contributed by atoms with van der Waals surface area (Å²) >= 11 is 5.97. The number of halogens is 1. The first-order chi connectivity index (χ1) is 14.5. The molecule has 154 valence electrons. The van der Waals surface area contributed by atoms with E-state index in [4.69, 9.17) is 21.1 Å². The van der Waals surface area contributed by atoms with Crippen LogP contribution in [0, 0.1) is 5.41 Å². The van der Waals surface area contributed by atoms with Crippen molar-refractivity contribution in [3.05, 3.63) is 107 Å². The van der Waals surface area contributed by atoms with Crippen molar-refractivity contribution in [1.82, 2.24) is 0 Å². The van der Waals surface area contributed by atoms with Crippen LogP contribution in [-0.2, 0) is 32.9 Å². The number of aliphatic carboxylic acids is 1. The van der Waals surface area contributed by atoms with E-state index >= 15 is 0 Å². The van der Waals surface area contributed by atoms with Gasteiger partial charge in [0.1, 0.15) is 0 Å². The first-order valence-corrected chi connectivity index (χ1v) is 10.2. The molecule has 3 aromatic rings. The molecular formula is C25H23ClO4. The zero-order valence-corrected chi connectivity index (χ0v) is 17.2. The van der Waals surface area contributed by atoms with Gasteiger partial charge in [0.2, 0.25) is 0 Å². The Morgan fingerprint density at radius 2 is 1.27 bits per heavy atom. The smallest absolute Gasteiger partial charge is 0.369 e. The Kier molecular flexibility index (Phi) is 5.91. The second-order valence-electron chi connectivity index (χ2n) is 7.83. The Hall–Kier alpha value is -2.66. The van der Waals surface area contributed by atoms with Crippen molar-refractivity contribution in [3.8, 4) is 0 Å². The molecule has 0 saturated carbocycles. The molecule has 0 unspecified atom stereocenters. The second-order valence-corrected chi connectivity index (χ2v) is 8.27. The van der Waals surface area contributed by atoms with Gasteiger partial charge in [-0.05, 0) is 36.1 Å². The zero-order chi connectivity index (χ0) is 21.0. The van der Waals surface area contributed by atoms with Gasteiger partial charge in [0.25, 0.3) is 5.79 Å². The minimum absolute atomic E-state index is 0.256. The van der Waals surface area contributed by atoms with Gasteiger partial charge >= 0.3 is 5.97 Å². The van der Waals surface area contributed by atoms with Crippen molar-refractivity contribution in [2.45, 2.75) is 18.6 Å². The van der Waals surface area contributed by atoms with E-state index in [1.165, 1.54) is 0 Å². The van der Waals surface area contributed by atoms with Crippen molar-refractivity contribution in [1.29, 1.82) is 0 Å². The third kappa shape index (κ3) is 4.26. The predicted molar refractivity (Wildman–Crippen MR) is 115 cm³/mol. The molecule has 0 aromatic heterocycles. The van der Waals surface area contributed by atoms with Crippen LogP contribution in [0.1, 0.15) is 16.7 Å². The molecule has 1 fully saturated rings. The number of carboxylic acid groups (broad SMARTS) is 1. The largest absolute Gasteiger partial charge is 0.477 e. The number of ether oxygens (including phenoxy) is 2. The van der Waals surface area contributed by atoms with Crippen molar-refractivity contribution in [2.24, 2.45) is 5.41 Å². The van der Waals surface area contributed by atoms with Crippen molar-refractivity contribution >= 4 is 17.6 Å². The highest BCUT2D eigenvalue weighted by Crippen LogP contribution is 2.41. The highest BCUT2D eigenvalue weighted by atomic mass is 35.5. The fraction of sp³-hybridized carbons (Fsp3) is 0.240. The number of benzene rings is 3. The average molecular weight is 423 g/mol. The zero-order valence-electron chi connectivity index (χ0n) is 16.5. The standard InChI is InChI=1S/C25H23ClO4/c26-22-13-11-21(12-14-22)25(23(27)28)29-17-24(18-30-25,15-19-7-3-1-4-8-19)16-20-9-5-2-6-10-20/h1-14H,15-18H2,(H,27,28). The van der Waals surface area contributed by atoms with Gasteiger partial charge in [-0.1, -0.05) is 84.4 Å². The van der Waals surface area contributed by atoms with Crippen LogP contribution >= 0.6 is 11.6 Å². The summed E-state index contributed by atoms with van der Waals surface area (Å²) in [6.07, 6.45) is 1.44. The summed E-state index contributed by atoms with van der Waals surface area (Å²) < 4.78 is 12.1. The molecule has 1 aliphatic heterocycles. The average Bonchev–Trinajstić information content (AvgIpc) is 2.76. The molecule has 4 nitrogen and oxygen atoms in total. The number of hydrogen-bond acceptors (Lipinski definition) is 3. The van der Waals surface area contributed by atoms with E-state index in [1.807, 2.05) is 36.4 Å². The normalized spacial score (nSPS) is 17.4. The van der Waals surface area contributed by atoms with Gasteiger partial charge in [-0.15, -0.1) is 0 Å². The molecule has 0 aliphatic carbocycles. The lowest BCUT2D eigenvalue weighted by Gasteiger charge is -2.44. The van der Waals surface area contributed by atoms with Crippen LogP contribution in [0.25, 0.3) is 0 Å². The van der Waals surface area contributed by atoms with Crippen molar-refractivity contribution in [3.63, 3.8) is 0 Å². The summed E-state index contributed by atoms with van der Waals surface area (Å²) in [5, 5.41) is 10.5. The summed E-state index contributed by atoms with van der Waals surface area (Å²) in [5.74, 6) is -3.00. The Morgan fingerprint density at radius 3 is 1.70 bits per heavy atom. The molecule has 0 atom stereocenters. The monoisotopic (exact) mass is 422 g/mol. The Balaban J connectivity index is 1.64. The highest BCUT2D eigenvalue weighted by Gasteiger charge is 2.51. The van der Waals surface area contributed by atoms with Crippen LogP contribution in [0.4, 0.5) is 0 Å². The molecule has 0 radical (unpaired) electrons. The maximum absolute atomic E-state index is 12.2. The fourth-order valence-electron chi connectivity index (χ4n) is 4.00. The van der Waals surface area contributed by atoms with Gasteiger partial charge in [-0.3, -0.25) is 0 Å². The number of carbonyl (C=O) groups is 1. The minimum atomic E-state index is -1.83.